The zero-order chi connectivity index (χ0) is 18.4. The molecule has 0 aliphatic rings. The highest BCUT2D eigenvalue weighted by atomic mass is 16.5. The first-order valence-electron chi connectivity index (χ1n) is 8.31. The summed E-state index contributed by atoms with van der Waals surface area (Å²) >= 11 is 0. The Morgan fingerprint density at radius 3 is 2.31 bits per heavy atom. The zero-order valence-corrected chi connectivity index (χ0v) is 14.5. The molecule has 4 heteroatoms. The van der Waals surface area contributed by atoms with Crippen molar-refractivity contribution in [3.05, 3.63) is 95.1 Å². The topological polar surface area (TPSA) is 55.8 Å². The summed E-state index contributed by atoms with van der Waals surface area (Å²) in [6.45, 7) is 0.388. The monoisotopic (exact) mass is 348 g/mol. The summed E-state index contributed by atoms with van der Waals surface area (Å²) in [4.78, 5) is 11.3. The Labute approximate surface area is 152 Å². The Morgan fingerprint density at radius 2 is 1.65 bits per heavy atom. The lowest BCUT2D eigenvalue weighted by Gasteiger charge is -2.13. The van der Waals surface area contributed by atoms with E-state index in [9.17, 15) is 9.90 Å². The lowest BCUT2D eigenvalue weighted by atomic mass is 10.0. The SMILES string of the molecule is COc1ccc(Cc2ccc(C(=O)O)cc2OCc2ccccc2)cc1. The number of carbonyl (C=O) groups is 1. The van der Waals surface area contributed by atoms with Crippen molar-refractivity contribution in [2.75, 3.05) is 7.11 Å². The molecule has 3 aromatic rings. The van der Waals surface area contributed by atoms with E-state index in [1.54, 1.807) is 19.2 Å². The van der Waals surface area contributed by atoms with Gasteiger partial charge in [-0.05, 0) is 41.0 Å². The van der Waals surface area contributed by atoms with Gasteiger partial charge in [0.1, 0.15) is 18.1 Å². The Kier molecular flexibility index (Phi) is 5.54. The van der Waals surface area contributed by atoms with Crippen LogP contribution >= 0.6 is 0 Å². The molecule has 1 N–H and O–H groups in total. The van der Waals surface area contributed by atoms with Gasteiger partial charge >= 0.3 is 5.97 Å². The molecule has 0 radical (unpaired) electrons. The fraction of sp³-hybridized carbons (Fsp3) is 0.136. The fourth-order valence-corrected chi connectivity index (χ4v) is 2.67. The van der Waals surface area contributed by atoms with Gasteiger partial charge in [-0.3, -0.25) is 0 Å². The van der Waals surface area contributed by atoms with Crippen LogP contribution in [0.1, 0.15) is 27.0 Å². The number of carboxylic acid groups (broad SMARTS) is 1. The number of methoxy groups -OCH3 is 1. The van der Waals surface area contributed by atoms with Crippen molar-refractivity contribution in [3.8, 4) is 11.5 Å². The normalized spacial score (nSPS) is 10.3. The van der Waals surface area contributed by atoms with Crippen molar-refractivity contribution in [3.63, 3.8) is 0 Å². The second-order valence-electron chi connectivity index (χ2n) is 5.93. The molecule has 3 rings (SSSR count). The lowest BCUT2D eigenvalue weighted by Crippen LogP contribution is -2.03. The Bertz CT molecular complexity index is 870. The van der Waals surface area contributed by atoms with Gasteiger partial charge in [-0.25, -0.2) is 4.79 Å². The summed E-state index contributed by atoms with van der Waals surface area (Å²) in [5.74, 6) is 0.422. The van der Waals surface area contributed by atoms with Crippen molar-refractivity contribution in [1.82, 2.24) is 0 Å². The summed E-state index contributed by atoms with van der Waals surface area (Å²) in [6.07, 6.45) is 0.647. The number of rotatable bonds is 7. The van der Waals surface area contributed by atoms with E-state index in [1.165, 1.54) is 0 Å². The van der Waals surface area contributed by atoms with Crippen LogP contribution < -0.4 is 9.47 Å². The number of aromatic carboxylic acids is 1. The van der Waals surface area contributed by atoms with E-state index < -0.39 is 5.97 Å². The van der Waals surface area contributed by atoms with E-state index in [1.807, 2.05) is 60.7 Å². The maximum Gasteiger partial charge on any atom is 0.335 e. The second kappa shape index (κ2) is 8.21. The van der Waals surface area contributed by atoms with Gasteiger partial charge in [0, 0.05) is 6.42 Å². The molecule has 0 aliphatic carbocycles. The third-order valence-electron chi connectivity index (χ3n) is 4.10. The molecule has 0 saturated carbocycles. The average Bonchev–Trinajstić information content (AvgIpc) is 2.68. The minimum atomic E-state index is -0.967. The van der Waals surface area contributed by atoms with Crippen LogP contribution in [0, 0.1) is 0 Å². The summed E-state index contributed by atoms with van der Waals surface area (Å²) in [7, 11) is 1.63. The predicted molar refractivity (Wildman–Crippen MR) is 100.0 cm³/mol. The highest BCUT2D eigenvalue weighted by molar-refractivity contribution is 5.88. The van der Waals surface area contributed by atoms with Gasteiger partial charge in [0.15, 0.2) is 0 Å². The number of hydrogen-bond donors (Lipinski definition) is 1. The number of ether oxygens (including phenoxy) is 2. The zero-order valence-electron chi connectivity index (χ0n) is 14.5. The minimum absolute atomic E-state index is 0.214. The Morgan fingerprint density at radius 1 is 0.923 bits per heavy atom. The van der Waals surface area contributed by atoms with E-state index in [2.05, 4.69) is 0 Å². The molecule has 0 unspecified atom stereocenters. The smallest absolute Gasteiger partial charge is 0.335 e. The highest BCUT2D eigenvalue weighted by Crippen LogP contribution is 2.25. The van der Waals surface area contributed by atoms with Crippen LogP contribution in [0.5, 0.6) is 11.5 Å². The van der Waals surface area contributed by atoms with Crippen LogP contribution in [-0.4, -0.2) is 18.2 Å². The van der Waals surface area contributed by atoms with Crippen LogP contribution in [0.15, 0.2) is 72.8 Å². The Hall–Kier alpha value is -3.27. The van der Waals surface area contributed by atoms with E-state index in [0.717, 1.165) is 22.4 Å². The summed E-state index contributed by atoms with van der Waals surface area (Å²) < 4.78 is 11.1. The number of hydrogen-bond acceptors (Lipinski definition) is 3. The summed E-state index contributed by atoms with van der Waals surface area (Å²) in [5, 5.41) is 9.26. The molecule has 0 aromatic heterocycles. The maximum absolute atomic E-state index is 11.3. The molecule has 4 nitrogen and oxygen atoms in total. The molecule has 0 fully saturated rings. The molecular formula is C22H20O4. The third-order valence-corrected chi connectivity index (χ3v) is 4.10. The van der Waals surface area contributed by atoms with Crippen LogP contribution in [0.4, 0.5) is 0 Å². The molecular weight excluding hydrogens is 328 g/mol. The van der Waals surface area contributed by atoms with E-state index in [0.29, 0.717) is 18.8 Å². The van der Waals surface area contributed by atoms with Gasteiger partial charge in [0.05, 0.1) is 12.7 Å². The van der Waals surface area contributed by atoms with Crippen molar-refractivity contribution in [2.24, 2.45) is 0 Å². The minimum Gasteiger partial charge on any atom is -0.497 e. The molecule has 26 heavy (non-hydrogen) atoms. The van der Waals surface area contributed by atoms with Crippen molar-refractivity contribution in [2.45, 2.75) is 13.0 Å². The van der Waals surface area contributed by atoms with Crippen LogP contribution in [-0.2, 0) is 13.0 Å². The van der Waals surface area contributed by atoms with Gasteiger partial charge in [-0.2, -0.15) is 0 Å². The van der Waals surface area contributed by atoms with Gasteiger partial charge < -0.3 is 14.6 Å². The summed E-state index contributed by atoms with van der Waals surface area (Å²) in [5.41, 5.74) is 3.28. The molecule has 0 saturated heterocycles. The summed E-state index contributed by atoms with van der Waals surface area (Å²) in [6, 6.07) is 22.6. The molecule has 0 spiro atoms. The molecule has 0 bridgehead atoms. The van der Waals surface area contributed by atoms with Crippen LogP contribution in [0.3, 0.4) is 0 Å². The quantitative estimate of drug-likeness (QED) is 0.680. The van der Waals surface area contributed by atoms with E-state index in [-0.39, 0.29) is 5.56 Å². The molecule has 0 amide bonds. The van der Waals surface area contributed by atoms with Gasteiger partial charge in [-0.15, -0.1) is 0 Å². The van der Waals surface area contributed by atoms with Crippen molar-refractivity contribution in [1.29, 1.82) is 0 Å². The van der Waals surface area contributed by atoms with E-state index >= 15 is 0 Å². The number of carboxylic acids is 1. The first kappa shape index (κ1) is 17.5. The molecule has 0 aliphatic heterocycles. The number of benzene rings is 3. The highest BCUT2D eigenvalue weighted by Gasteiger charge is 2.11. The Balaban J connectivity index is 1.83. The molecule has 0 heterocycles. The first-order valence-corrected chi connectivity index (χ1v) is 8.31. The largest absolute Gasteiger partial charge is 0.497 e. The lowest BCUT2D eigenvalue weighted by molar-refractivity contribution is 0.0696. The third kappa shape index (κ3) is 4.42. The van der Waals surface area contributed by atoms with Gasteiger partial charge in [0.25, 0.3) is 0 Å². The van der Waals surface area contributed by atoms with Crippen LogP contribution in [0.25, 0.3) is 0 Å². The first-order chi connectivity index (χ1) is 12.7. The van der Waals surface area contributed by atoms with E-state index in [4.69, 9.17) is 9.47 Å². The maximum atomic E-state index is 11.3. The molecule has 0 atom stereocenters. The van der Waals surface area contributed by atoms with Crippen molar-refractivity contribution < 1.29 is 19.4 Å². The standard InChI is InChI=1S/C22H20O4/c1-25-20-11-7-16(8-12-20)13-18-9-10-19(22(23)24)14-21(18)26-15-17-5-3-2-4-6-17/h2-12,14H,13,15H2,1H3,(H,23,24). The van der Waals surface area contributed by atoms with Crippen LogP contribution in [0.2, 0.25) is 0 Å². The fourth-order valence-electron chi connectivity index (χ4n) is 2.67. The average molecular weight is 348 g/mol. The molecule has 3 aromatic carbocycles. The van der Waals surface area contributed by atoms with Gasteiger partial charge in [-0.1, -0.05) is 48.5 Å². The van der Waals surface area contributed by atoms with Gasteiger partial charge in [0.2, 0.25) is 0 Å². The molecule has 132 valence electrons. The van der Waals surface area contributed by atoms with Crippen molar-refractivity contribution >= 4 is 5.97 Å². The second-order valence-corrected chi connectivity index (χ2v) is 5.93. The predicted octanol–water partition coefficient (Wildman–Crippen LogP) is 4.56.